The van der Waals surface area contributed by atoms with Crippen LogP contribution in [0.25, 0.3) is 0 Å². The van der Waals surface area contributed by atoms with E-state index in [1.807, 2.05) is 11.3 Å². The Kier molecular flexibility index (Phi) is 5.39. The van der Waals surface area contributed by atoms with Gasteiger partial charge in [0.05, 0.1) is 25.4 Å². The van der Waals surface area contributed by atoms with Gasteiger partial charge < -0.3 is 14.8 Å². The van der Waals surface area contributed by atoms with Gasteiger partial charge in [0, 0.05) is 22.3 Å². The lowest BCUT2D eigenvalue weighted by atomic mass is 10.2. The minimum absolute atomic E-state index is 0.0755. The predicted molar refractivity (Wildman–Crippen MR) is 79.5 cm³/mol. The highest BCUT2D eigenvalue weighted by Crippen LogP contribution is 2.22. The molecule has 0 aliphatic heterocycles. The van der Waals surface area contributed by atoms with Crippen LogP contribution in [0, 0.1) is 0 Å². The number of rotatable bonds is 8. The average molecular weight is 283 g/mol. The highest BCUT2D eigenvalue weighted by atomic mass is 32.1. The van der Waals surface area contributed by atoms with Crippen molar-refractivity contribution in [2.45, 2.75) is 58.4 Å². The summed E-state index contributed by atoms with van der Waals surface area (Å²) in [6.07, 6.45) is 2.68. The van der Waals surface area contributed by atoms with Crippen LogP contribution in [0.5, 0.6) is 0 Å². The Labute approximate surface area is 120 Å². The van der Waals surface area contributed by atoms with Gasteiger partial charge in [-0.1, -0.05) is 0 Å². The van der Waals surface area contributed by atoms with Gasteiger partial charge in [0.25, 0.3) is 0 Å². The monoisotopic (exact) mass is 283 g/mol. The largest absolute Gasteiger partial charge is 0.374 e. The molecule has 1 fully saturated rings. The maximum absolute atomic E-state index is 5.63. The number of nitrogens with one attached hydrogen (secondary N) is 1. The van der Waals surface area contributed by atoms with Crippen molar-refractivity contribution in [3.05, 3.63) is 21.9 Å². The van der Waals surface area contributed by atoms with Crippen molar-refractivity contribution in [1.82, 2.24) is 5.32 Å². The maximum Gasteiger partial charge on any atom is 0.0810 e. The van der Waals surface area contributed by atoms with Crippen molar-refractivity contribution in [1.29, 1.82) is 0 Å². The van der Waals surface area contributed by atoms with Crippen molar-refractivity contribution in [2.24, 2.45) is 0 Å². The molecule has 1 aliphatic carbocycles. The van der Waals surface area contributed by atoms with Gasteiger partial charge in [-0.05, 0) is 45.7 Å². The molecular formula is C15H25NO2S. The molecular weight excluding hydrogens is 258 g/mol. The topological polar surface area (TPSA) is 30.5 Å². The molecule has 19 heavy (non-hydrogen) atoms. The lowest BCUT2D eigenvalue weighted by Gasteiger charge is -2.19. The summed E-state index contributed by atoms with van der Waals surface area (Å²) >= 11 is 1.84. The molecule has 0 aromatic carbocycles. The summed E-state index contributed by atoms with van der Waals surface area (Å²) in [6.45, 7) is 9.20. The Balaban J connectivity index is 1.57. The van der Waals surface area contributed by atoms with Crippen molar-refractivity contribution >= 4 is 11.3 Å². The average Bonchev–Trinajstić information content (AvgIpc) is 3.05. The van der Waals surface area contributed by atoms with Crippen LogP contribution in [0.15, 0.2) is 12.1 Å². The summed E-state index contributed by atoms with van der Waals surface area (Å²) in [5, 5.41) is 3.53. The van der Waals surface area contributed by atoms with Crippen LogP contribution in [0.2, 0.25) is 0 Å². The molecule has 1 heterocycles. The molecule has 0 saturated heterocycles. The smallest absolute Gasteiger partial charge is 0.0810 e. The normalized spacial score (nSPS) is 15.9. The van der Waals surface area contributed by atoms with Gasteiger partial charge in [-0.25, -0.2) is 0 Å². The maximum atomic E-state index is 5.63. The van der Waals surface area contributed by atoms with Gasteiger partial charge in [0.2, 0.25) is 0 Å². The quantitative estimate of drug-likeness (QED) is 0.742. The predicted octanol–water partition coefficient (Wildman–Crippen LogP) is 3.33. The van der Waals surface area contributed by atoms with Crippen LogP contribution in [-0.4, -0.2) is 24.9 Å². The minimum atomic E-state index is -0.0755. The molecule has 1 aliphatic rings. The summed E-state index contributed by atoms with van der Waals surface area (Å²) in [5.41, 5.74) is -0.0755. The molecule has 0 bridgehead atoms. The lowest BCUT2D eigenvalue weighted by molar-refractivity contribution is -0.0373. The van der Waals surface area contributed by atoms with E-state index in [4.69, 9.17) is 9.47 Å². The van der Waals surface area contributed by atoms with Crippen LogP contribution in [0.1, 0.15) is 43.4 Å². The SMILES string of the molecule is CC(C)(C)OCCOCc1ccc(CNC2CC2)s1. The van der Waals surface area contributed by atoms with E-state index >= 15 is 0 Å². The molecule has 3 nitrogen and oxygen atoms in total. The second-order valence-electron chi connectivity index (χ2n) is 6.04. The third-order valence-electron chi connectivity index (χ3n) is 2.87. The molecule has 1 saturated carbocycles. The molecule has 0 unspecified atom stereocenters. The van der Waals surface area contributed by atoms with E-state index in [0.717, 1.165) is 12.6 Å². The molecule has 0 radical (unpaired) electrons. The molecule has 1 aromatic rings. The van der Waals surface area contributed by atoms with Gasteiger partial charge in [-0.3, -0.25) is 0 Å². The van der Waals surface area contributed by atoms with E-state index in [1.165, 1.54) is 22.6 Å². The Hall–Kier alpha value is -0.420. The van der Waals surface area contributed by atoms with E-state index < -0.39 is 0 Å². The van der Waals surface area contributed by atoms with E-state index in [-0.39, 0.29) is 5.60 Å². The van der Waals surface area contributed by atoms with Crippen LogP contribution < -0.4 is 5.32 Å². The second-order valence-corrected chi connectivity index (χ2v) is 7.29. The third kappa shape index (κ3) is 6.52. The van der Waals surface area contributed by atoms with Crippen LogP contribution in [0.4, 0.5) is 0 Å². The lowest BCUT2D eigenvalue weighted by Crippen LogP contribution is -2.21. The Morgan fingerprint density at radius 3 is 2.63 bits per heavy atom. The van der Waals surface area contributed by atoms with E-state index in [1.54, 1.807) is 0 Å². The number of hydrogen-bond donors (Lipinski definition) is 1. The summed E-state index contributed by atoms with van der Waals surface area (Å²) in [6, 6.07) is 5.14. The zero-order valence-electron chi connectivity index (χ0n) is 12.2. The Morgan fingerprint density at radius 2 is 1.95 bits per heavy atom. The summed E-state index contributed by atoms with van der Waals surface area (Å²) in [4.78, 5) is 2.69. The van der Waals surface area contributed by atoms with Gasteiger partial charge >= 0.3 is 0 Å². The standard InChI is InChI=1S/C15H25NO2S/c1-15(2,3)18-9-8-17-11-14-7-6-13(19-14)10-16-12-4-5-12/h6-7,12,16H,4-5,8-11H2,1-3H3. The summed E-state index contributed by atoms with van der Waals surface area (Å²) in [5.74, 6) is 0. The third-order valence-corrected chi connectivity index (χ3v) is 3.93. The number of ether oxygens (including phenoxy) is 2. The Bertz CT molecular complexity index is 380. The van der Waals surface area contributed by atoms with E-state index in [0.29, 0.717) is 19.8 Å². The molecule has 1 aromatic heterocycles. The first-order valence-corrected chi connectivity index (χ1v) is 7.87. The molecule has 0 atom stereocenters. The van der Waals surface area contributed by atoms with Crippen molar-refractivity contribution in [3.8, 4) is 0 Å². The second kappa shape index (κ2) is 6.84. The molecule has 4 heteroatoms. The minimum Gasteiger partial charge on any atom is -0.374 e. The first kappa shape index (κ1) is 15.0. The van der Waals surface area contributed by atoms with E-state index in [2.05, 4.69) is 38.2 Å². The first-order chi connectivity index (χ1) is 9.03. The molecule has 1 N–H and O–H groups in total. The molecule has 0 amide bonds. The summed E-state index contributed by atoms with van der Waals surface area (Å²) in [7, 11) is 0. The fourth-order valence-corrected chi connectivity index (χ4v) is 2.61. The Morgan fingerprint density at radius 1 is 1.21 bits per heavy atom. The van der Waals surface area contributed by atoms with E-state index in [9.17, 15) is 0 Å². The fourth-order valence-electron chi connectivity index (χ4n) is 1.71. The molecule has 0 spiro atoms. The van der Waals surface area contributed by atoms with Crippen LogP contribution in [-0.2, 0) is 22.6 Å². The highest BCUT2D eigenvalue weighted by Gasteiger charge is 2.20. The summed E-state index contributed by atoms with van der Waals surface area (Å²) < 4.78 is 11.2. The van der Waals surface area contributed by atoms with Crippen molar-refractivity contribution in [2.75, 3.05) is 13.2 Å². The fraction of sp³-hybridized carbons (Fsp3) is 0.733. The number of hydrogen-bond acceptors (Lipinski definition) is 4. The molecule has 108 valence electrons. The van der Waals surface area contributed by atoms with Crippen molar-refractivity contribution < 1.29 is 9.47 Å². The van der Waals surface area contributed by atoms with Gasteiger partial charge in [-0.2, -0.15) is 0 Å². The first-order valence-electron chi connectivity index (χ1n) is 7.05. The van der Waals surface area contributed by atoms with Gasteiger partial charge in [0.15, 0.2) is 0 Å². The van der Waals surface area contributed by atoms with Gasteiger partial charge in [0.1, 0.15) is 0 Å². The molecule has 2 rings (SSSR count). The zero-order valence-corrected chi connectivity index (χ0v) is 13.0. The van der Waals surface area contributed by atoms with Gasteiger partial charge in [-0.15, -0.1) is 11.3 Å². The highest BCUT2D eigenvalue weighted by molar-refractivity contribution is 7.11. The van der Waals surface area contributed by atoms with Crippen molar-refractivity contribution in [3.63, 3.8) is 0 Å². The zero-order chi connectivity index (χ0) is 13.7. The number of thiophene rings is 1. The van der Waals surface area contributed by atoms with Crippen LogP contribution >= 0.6 is 11.3 Å². The van der Waals surface area contributed by atoms with Crippen LogP contribution in [0.3, 0.4) is 0 Å².